The van der Waals surface area contributed by atoms with Crippen molar-refractivity contribution in [3.8, 4) is 0 Å². The lowest BCUT2D eigenvalue weighted by molar-refractivity contribution is 0.411. The van der Waals surface area contributed by atoms with Crippen molar-refractivity contribution in [3.63, 3.8) is 0 Å². The first-order chi connectivity index (χ1) is 17.6. The molecule has 0 aliphatic rings. The van der Waals surface area contributed by atoms with E-state index >= 15 is 0 Å². The average Bonchev–Trinajstić information content (AvgIpc) is 3.15. The second-order valence-corrected chi connectivity index (χ2v) is 13.4. The minimum Gasteiger partial charge on any atom is -0.308 e. The maximum atomic E-state index is 5.03. The van der Waals surface area contributed by atoms with Crippen LogP contribution in [-0.4, -0.2) is 9.38 Å². The van der Waals surface area contributed by atoms with E-state index in [4.69, 9.17) is 4.98 Å². The van der Waals surface area contributed by atoms with Crippen LogP contribution in [0.25, 0.3) is 59.8 Å². The molecule has 0 fully saturated rings. The molecule has 2 heteroatoms. The Morgan fingerprint density at radius 1 is 0.649 bits per heavy atom. The summed E-state index contributed by atoms with van der Waals surface area (Å²) in [5.74, 6) is 0. The minimum atomic E-state index is 0.147. The Morgan fingerprint density at radius 3 is 2.19 bits per heavy atom. The summed E-state index contributed by atoms with van der Waals surface area (Å²) < 4.78 is 2.59. The van der Waals surface area contributed by atoms with Crippen molar-refractivity contribution in [2.24, 2.45) is 10.8 Å². The molecule has 0 aliphatic carbocycles. The van der Waals surface area contributed by atoms with Crippen molar-refractivity contribution in [1.82, 2.24) is 9.38 Å². The Labute approximate surface area is 218 Å². The highest BCUT2D eigenvalue weighted by Gasteiger charge is 2.24. The van der Waals surface area contributed by atoms with Crippen LogP contribution < -0.4 is 0 Å². The topological polar surface area (TPSA) is 17.3 Å². The highest BCUT2D eigenvalue weighted by atomic mass is 14.9. The van der Waals surface area contributed by atoms with Crippen LogP contribution in [0.2, 0.25) is 0 Å². The predicted molar refractivity (Wildman–Crippen MR) is 160 cm³/mol. The van der Waals surface area contributed by atoms with Crippen LogP contribution in [0.4, 0.5) is 0 Å². The molecular formula is C35H34N2. The Kier molecular flexibility index (Phi) is 4.54. The molecular weight excluding hydrogens is 448 g/mol. The summed E-state index contributed by atoms with van der Waals surface area (Å²) >= 11 is 0. The van der Waals surface area contributed by atoms with Crippen LogP contribution in [0.1, 0.15) is 52.7 Å². The minimum absolute atomic E-state index is 0.147. The molecule has 0 atom stereocenters. The van der Waals surface area contributed by atoms with Gasteiger partial charge in [0.15, 0.2) is 0 Å². The summed E-state index contributed by atoms with van der Waals surface area (Å²) in [6.45, 7) is 14.0. The monoisotopic (exact) mass is 482 g/mol. The highest BCUT2D eigenvalue weighted by Crippen LogP contribution is 2.44. The third kappa shape index (κ3) is 3.42. The van der Waals surface area contributed by atoms with Crippen LogP contribution in [0.3, 0.4) is 0 Å². The number of hydrogen-bond acceptors (Lipinski definition) is 1. The predicted octanol–water partition coefficient (Wildman–Crippen LogP) is 9.72. The fourth-order valence-electron chi connectivity index (χ4n) is 6.53. The Morgan fingerprint density at radius 2 is 1.41 bits per heavy atom. The largest absolute Gasteiger partial charge is 0.308 e. The number of nitrogens with zero attached hydrogens (tertiary/aromatic N) is 2. The standard InChI is InChI=1S/C35H34N2/c1-34(2,3)19-21-11-13-25-26-14-12-22-15-16-36-31-27-18-23-9-7-8-10-24(23)28(20-35(4,5)6)32(27)37(29(25)17-21)33(26)30(22)31/h7-18H,19-20H2,1-6H3. The van der Waals surface area contributed by atoms with E-state index in [0.717, 1.165) is 18.4 Å². The van der Waals surface area contributed by atoms with Gasteiger partial charge in [0.05, 0.1) is 22.1 Å². The molecule has 0 spiro atoms. The summed E-state index contributed by atoms with van der Waals surface area (Å²) in [6, 6.07) is 25.2. The maximum absolute atomic E-state index is 5.03. The Bertz CT molecular complexity index is 1990. The molecule has 7 aromatic rings. The smallest absolute Gasteiger partial charge is 0.0823 e. The van der Waals surface area contributed by atoms with E-state index in [9.17, 15) is 0 Å². The van der Waals surface area contributed by atoms with Crippen molar-refractivity contribution in [2.75, 3.05) is 0 Å². The van der Waals surface area contributed by atoms with E-state index in [1.165, 1.54) is 65.4 Å². The summed E-state index contributed by atoms with van der Waals surface area (Å²) in [4.78, 5) is 5.03. The Balaban J connectivity index is 1.79. The van der Waals surface area contributed by atoms with Crippen LogP contribution >= 0.6 is 0 Å². The first-order valence-electron chi connectivity index (χ1n) is 13.5. The number of aromatic nitrogens is 2. The molecule has 0 bridgehead atoms. The van der Waals surface area contributed by atoms with Crippen LogP contribution in [0.15, 0.2) is 72.9 Å². The van der Waals surface area contributed by atoms with E-state index in [1.807, 2.05) is 6.20 Å². The van der Waals surface area contributed by atoms with Gasteiger partial charge in [0.25, 0.3) is 0 Å². The van der Waals surface area contributed by atoms with E-state index in [2.05, 4.69) is 113 Å². The lowest BCUT2D eigenvalue weighted by atomic mass is 9.84. The molecule has 0 aliphatic heterocycles. The van der Waals surface area contributed by atoms with E-state index in [-0.39, 0.29) is 10.8 Å². The third-order valence-corrected chi connectivity index (χ3v) is 7.77. The van der Waals surface area contributed by atoms with E-state index < -0.39 is 0 Å². The fraction of sp³-hybridized carbons (Fsp3) is 0.286. The van der Waals surface area contributed by atoms with Crippen LogP contribution in [0, 0.1) is 10.8 Å². The molecule has 2 nitrogen and oxygen atoms in total. The normalized spacial score (nSPS) is 13.4. The molecule has 4 aromatic carbocycles. The summed E-state index contributed by atoms with van der Waals surface area (Å²) in [5.41, 5.74) is 8.25. The van der Waals surface area contributed by atoms with Gasteiger partial charge in [-0.2, -0.15) is 0 Å². The lowest BCUT2D eigenvalue weighted by Gasteiger charge is -2.23. The molecule has 0 saturated carbocycles. The van der Waals surface area contributed by atoms with Gasteiger partial charge in [-0.3, -0.25) is 4.98 Å². The lowest BCUT2D eigenvalue weighted by Crippen LogP contribution is -2.11. The quantitative estimate of drug-likeness (QED) is 0.177. The number of hydrogen-bond donors (Lipinski definition) is 0. The second kappa shape index (κ2) is 7.44. The maximum Gasteiger partial charge on any atom is 0.0823 e. The fourth-order valence-corrected chi connectivity index (χ4v) is 6.53. The van der Waals surface area contributed by atoms with Gasteiger partial charge < -0.3 is 4.40 Å². The van der Waals surface area contributed by atoms with Gasteiger partial charge in [-0.15, -0.1) is 0 Å². The van der Waals surface area contributed by atoms with Gasteiger partial charge in [-0.05, 0) is 69.2 Å². The Hall–Kier alpha value is -3.65. The first-order valence-corrected chi connectivity index (χ1v) is 13.5. The van der Waals surface area contributed by atoms with Gasteiger partial charge in [0.1, 0.15) is 0 Å². The summed E-state index contributed by atoms with van der Waals surface area (Å²) in [6.07, 6.45) is 4.03. The zero-order valence-corrected chi connectivity index (χ0v) is 22.7. The van der Waals surface area contributed by atoms with Crippen molar-refractivity contribution in [1.29, 1.82) is 0 Å². The van der Waals surface area contributed by atoms with Crippen molar-refractivity contribution >= 4 is 59.8 Å². The zero-order chi connectivity index (χ0) is 25.7. The van der Waals surface area contributed by atoms with Gasteiger partial charge in [-0.25, -0.2) is 0 Å². The van der Waals surface area contributed by atoms with Crippen molar-refractivity contribution in [2.45, 2.75) is 54.4 Å². The molecule has 0 unspecified atom stereocenters. The highest BCUT2D eigenvalue weighted by molar-refractivity contribution is 6.28. The van der Waals surface area contributed by atoms with Crippen molar-refractivity contribution < 1.29 is 0 Å². The molecule has 3 aromatic heterocycles. The van der Waals surface area contributed by atoms with Gasteiger partial charge in [0, 0.05) is 27.7 Å². The molecule has 0 radical (unpaired) electrons. The van der Waals surface area contributed by atoms with Gasteiger partial charge >= 0.3 is 0 Å². The summed E-state index contributed by atoms with van der Waals surface area (Å²) in [5, 5.41) is 9.07. The van der Waals surface area contributed by atoms with Crippen LogP contribution in [0.5, 0.6) is 0 Å². The van der Waals surface area contributed by atoms with Gasteiger partial charge in [-0.1, -0.05) is 90.1 Å². The molecule has 0 saturated heterocycles. The SMILES string of the molecule is CC(C)(C)Cc1ccc2c3ccc4ccnc5c6cc7ccccc7c(CC(C)(C)C)c6n(c2c1)c3c45. The first kappa shape index (κ1) is 22.5. The molecule has 7 rings (SSSR count). The molecule has 37 heavy (non-hydrogen) atoms. The van der Waals surface area contributed by atoms with E-state index in [0.29, 0.717) is 0 Å². The molecule has 3 heterocycles. The third-order valence-electron chi connectivity index (χ3n) is 7.77. The van der Waals surface area contributed by atoms with Crippen molar-refractivity contribution in [3.05, 3.63) is 84.1 Å². The number of pyridine rings is 2. The second-order valence-electron chi connectivity index (χ2n) is 13.4. The molecule has 0 amide bonds. The van der Waals surface area contributed by atoms with Crippen LogP contribution in [-0.2, 0) is 12.8 Å². The average molecular weight is 483 g/mol. The molecule has 184 valence electrons. The number of rotatable bonds is 2. The van der Waals surface area contributed by atoms with Gasteiger partial charge in [0.2, 0.25) is 0 Å². The summed E-state index contributed by atoms with van der Waals surface area (Å²) in [7, 11) is 0. The number of fused-ring (bicyclic) bond motifs is 7. The zero-order valence-electron chi connectivity index (χ0n) is 22.7. The number of benzene rings is 4. The van der Waals surface area contributed by atoms with E-state index in [1.54, 1.807) is 0 Å². The molecule has 0 N–H and O–H groups in total.